The molecule has 1 aromatic heterocycles. The second kappa shape index (κ2) is 3.03. The molecule has 0 bridgehead atoms. The Morgan fingerprint density at radius 1 is 1.46 bits per heavy atom. The van der Waals surface area contributed by atoms with Crippen LogP contribution in [0.25, 0.3) is 10.9 Å². The van der Waals surface area contributed by atoms with E-state index in [1.807, 2.05) is 19.1 Å². The monoisotopic (exact) mass is 240 g/mol. The summed E-state index contributed by atoms with van der Waals surface area (Å²) in [5.74, 6) is 0.837. The van der Waals surface area contributed by atoms with Crippen LogP contribution >= 0.6 is 15.9 Å². The summed E-state index contributed by atoms with van der Waals surface area (Å²) in [7, 11) is 1.66. The molecule has 68 valence electrons. The van der Waals surface area contributed by atoms with Crippen molar-refractivity contribution >= 4 is 26.8 Å². The quantitative estimate of drug-likeness (QED) is 0.833. The summed E-state index contributed by atoms with van der Waals surface area (Å²) in [4.78, 5) is 0. The normalized spacial score (nSPS) is 10.7. The van der Waals surface area contributed by atoms with Gasteiger partial charge in [-0.15, -0.1) is 0 Å². The zero-order chi connectivity index (χ0) is 9.42. The van der Waals surface area contributed by atoms with Crippen LogP contribution in [0.5, 0.6) is 5.75 Å². The highest BCUT2D eigenvalue weighted by Crippen LogP contribution is 2.34. The summed E-state index contributed by atoms with van der Waals surface area (Å²) in [5.41, 5.74) is 1.95. The summed E-state index contributed by atoms with van der Waals surface area (Å²) in [6.45, 7) is 1.98. The van der Waals surface area contributed by atoms with E-state index in [0.29, 0.717) is 0 Å². The minimum Gasteiger partial charge on any atom is -0.495 e. The van der Waals surface area contributed by atoms with Gasteiger partial charge >= 0.3 is 0 Å². The number of hydrogen-bond acceptors (Lipinski definition) is 2. The highest BCUT2D eigenvalue weighted by atomic mass is 79.9. The van der Waals surface area contributed by atoms with Crippen LogP contribution in [-0.4, -0.2) is 17.3 Å². The molecule has 0 radical (unpaired) electrons. The van der Waals surface area contributed by atoms with E-state index >= 15 is 0 Å². The van der Waals surface area contributed by atoms with E-state index in [1.54, 1.807) is 7.11 Å². The lowest BCUT2D eigenvalue weighted by molar-refractivity contribution is 0.417. The van der Waals surface area contributed by atoms with Crippen LogP contribution < -0.4 is 4.74 Å². The Morgan fingerprint density at radius 2 is 2.23 bits per heavy atom. The Morgan fingerprint density at radius 3 is 2.92 bits per heavy atom. The van der Waals surface area contributed by atoms with Crippen molar-refractivity contribution in [3.8, 4) is 5.75 Å². The number of aryl methyl sites for hydroxylation is 1. The fourth-order valence-corrected chi connectivity index (χ4v) is 1.89. The fourth-order valence-electron chi connectivity index (χ4n) is 1.40. The van der Waals surface area contributed by atoms with Crippen LogP contribution in [0.15, 0.2) is 16.6 Å². The van der Waals surface area contributed by atoms with E-state index in [1.165, 1.54) is 0 Å². The number of methoxy groups -OCH3 is 1. The van der Waals surface area contributed by atoms with Crippen LogP contribution in [0.2, 0.25) is 0 Å². The summed E-state index contributed by atoms with van der Waals surface area (Å²) in [5, 5.41) is 8.11. The molecule has 0 unspecified atom stereocenters. The van der Waals surface area contributed by atoms with Crippen molar-refractivity contribution < 1.29 is 4.74 Å². The second-order valence-corrected chi connectivity index (χ2v) is 3.68. The van der Waals surface area contributed by atoms with Crippen LogP contribution in [0.4, 0.5) is 0 Å². The van der Waals surface area contributed by atoms with Gasteiger partial charge in [0, 0.05) is 5.69 Å². The van der Waals surface area contributed by atoms with E-state index < -0.39 is 0 Å². The minimum absolute atomic E-state index is 0.837. The Kier molecular flexibility index (Phi) is 2.00. The van der Waals surface area contributed by atoms with Crippen molar-refractivity contribution in [2.24, 2.45) is 0 Å². The molecule has 0 atom stereocenters. The van der Waals surface area contributed by atoms with Crippen molar-refractivity contribution in [3.63, 3.8) is 0 Å². The molecule has 2 rings (SSSR count). The Bertz CT molecular complexity index is 450. The van der Waals surface area contributed by atoms with Crippen molar-refractivity contribution in [3.05, 3.63) is 22.3 Å². The summed E-state index contributed by atoms with van der Waals surface area (Å²) in [6, 6.07) is 3.88. The van der Waals surface area contributed by atoms with E-state index in [2.05, 4.69) is 26.1 Å². The first-order valence-corrected chi connectivity index (χ1v) is 4.70. The lowest BCUT2D eigenvalue weighted by Crippen LogP contribution is -1.86. The minimum atomic E-state index is 0.837. The maximum atomic E-state index is 5.29. The van der Waals surface area contributed by atoms with E-state index in [0.717, 1.165) is 26.8 Å². The molecule has 0 aliphatic rings. The number of benzene rings is 1. The third kappa shape index (κ3) is 1.21. The lowest BCUT2D eigenvalue weighted by atomic mass is 10.2. The standard InChI is InChI=1S/C9H9BrN2O/c1-5-8-7(12-11-5)4-3-6(10)9(8)13-2/h3-4H,1-2H3,(H,11,12). The highest BCUT2D eigenvalue weighted by molar-refractivity contribution is 9.10. The summed E-state index contributed by atoms with van der Waals surface area (Å²) >= 11 is 3.43. The number of ether oxygens (including phenoxy) is 1. The third-order valence-corrected chi connectivity index (χ3v) is 2.64. The zero-order valence-corrected chi connectivity index (χ0v) is 8.97. The number of halogens is 1. The van der Waals surface area contributed by atoms with Gasteiger partial charge in [0.25, 0.3) is 0 Å². The number of nitrogens with one attached hydrogen (secondary N) is 1. The van der Waals surface area contributed by atoms with Gasteiger partial charge in [-0.25, -0.2) is 0 Å². The maximum Gasteiger partial charge on any atom is 0.144 e. The number of fused-ring (bicyclic) bond motifs is 1. The molecule has 2 aromatic rings. The van der Waals surface area contributed by atoms with E-state index in [-0.39, 0.29) is 0 Å². The van der Waals surface area contributed by atoms with Gasteiger partial charge in [-0.1, -0.05) is 0 Å². The summed E-state index contributed by atoms with van der Waals surface area (Å²) < 4.78 is 6.24. The van der Waals surface area contributed by atoms with Crippen molar-refractivity contribution in [1.29, 1.82) is 0 Å². The first-order valence-electron chi connectivity index (χ1n) is 3.91. The molecule has 0 saturated carbocycles. The number of nitrogens with zero attached hydrogens (tertiary/aromatic N) is 1. The molecule has 0 amide bonds. The predicted molar refractivity (Wildman–Crippen MR) is 55.1 cm³/mol. The molecule has 0 spiro atoms. The van der Waals surface area contributed by atoms with Crippen molar-refractivity contribution in [2.75, 3.05) is 7.11 Å². The number of aromatic nitrogens is 2. The van der Waals surface area contributed by atoms with Gasteiger partial charge in [0.2, 0.25) is 0 Å². The van der Waals surface area contributed by atoms with Crippen molar-refractivity contribution in [2.45, 2.75) is 6.92 Å². The third-order valence-electron chi connectivity index (χ3n) is 2.01. The first-order chi connectivity index (χ1) is 6.24. The molecule has 1 aromatic carbocycles. The molecule has 0 saturated heterocycles. The van der Waals surface area contributed by atoms with Gasteiger partial charge in [-0.2, -0.15) is 5.10 Å². The number of aromatic amines is 1. The Balaban J connectivity index is 2.88. The maximum absolute atomic E-state index is 5.29. The SMILES string of the molecule is COc1c(Br)ccc2n[nH]c(C)c12. The van der Waals surface area contributed by atoms with E-state index in [4.69, 9.17) is 4.74 Å². The average molecular weight is 241 g/mol. The molecule has 4 heteroatoms. The van der Waals surface area contributed by atoms with Gasteiger partial charge in [0.1, 0.15) is 5.75 Å². The molecule has 0 aliphatic carbocycles. The molecule has 1 N–H and O–H groups in total. The van der Waals surface area contributed by atoms with Crippen LogP contribution in [-0.2, 0) is 0 Å². The largest absolute Gasteiger partial charge is 0.495 e. The molecule has 0 aliphatic heterocycles. The number of rotatable bonds is 1. The number of H-pyrrole nitrogens is 1. The molecule has 3 nitrogen and oxygen atoms in total. The van der Waals surface area contributed by atoms with Gasteiger partial charge in [-0.3, -0.25) is 5.10 Å². The smallest absolute Gasteiger partial charge is 0.144 e. The average Bonchev–Trinajstić information content (AvgIpc) is 2.49. The van der Waals surface area contributed by atoms with Crippen LogP contribution in [0.1, 0.15) is 5.69 Å². The van der Waals surface area contributed by atoms with Crippen molar-refractivity contribution in [1.82, 2.24) is 10.2 Å². The lowest BCUT2D eigenvalue weighted by Gasteiger charge is -2.03. The summed E-state index contributed by atoms with van der Waals surface area (Å²) in [6.07, 6.45) is 0. The van der Waals surface area contributed by atoms with Gasteiger partial charge in [0.05, 0.1) is 22.5 Å². The second-order valence-electron chi connectivity index (χ2n) is 2.82. The van der Waals surface area contributed by atoms with Gasteiger partial charge < -0.3 is 4.74 Å². The molecular formula is C9H9BrN2O. The van der Waals surface area contributed by atoms with E-state index in [9.17, 15) is 0 Å². The molecular weight excluding hydrogens is 232 g/mol. The Hall–Kier alpha value is -1.03. The topological polar surface area (TPSA) is 37.9 Å². The molecule has 0 fully saturated rings. The van der Waals surface area contributed by atoms with Gasteiger partial charge in [-0.05, 0) is 35.0 Å². The van der Waals surface area contributed by atoms with Crippen LogP contribution in [0, 0.1) is 6.92 Å². The van der Waals surface area contributed by atoms with Crippen LogP contribution in [0.3, 0.4) is 0 Å². The highest BCUT2D eigenvalue weighted by Gasteiger charge is 2.10. The Labute approximate surface area is 84.2 Å². The number of hydrogen-bond donors (Lipinski definition) is 1. The molecule has 1 heterocycles. The predicted octanol–water partition coefficient (Wildman–Crippen LogP) is 2.64. The van der Waals surface area contributed by atoms with Gasteiger partial charge in [0.15, 0.2) is 0 Å². The molecule has 13 heavy (non-hydrogen) atoms. The fraction of sp³-hybridized carbons (Fsp3) is 0.222. The first kappa shape index (κ1) is 8.56. The zero-order valence-electron chi connectivity index (χ0n) is 7.39.